The Morgan fingerprint density at radius 1 is 1.22 bits per heavy atom. The average molecular weight is 309 g/mol. The summed E-state index contributed by atoms with van der Waals surface area (Å²) in [6.45, 7) is 7.69. The molecule has 1 aromatic heterocycles. The van der Waals surface area contributed by atoms with E-state index in [9.17, 15) is 0 Å². The number of rotatable bonds is 6. The van der Waals surface area contributed by atoms with E-state index in [1.165, 1.54) is 21.8 Å². The van der Waals surface area contributed by atoms with Crippen molar-refractivity contribution in [3.63, 3.8) is 0 Å². The van der Waals surface area contributed by atoms with Gasteiger partial charge in [-0.25, -0.2) is 0 Å². The van der Waals surface area contributed by atoms with Crippen LogP contribution in [0.3, 0.4) is 0 Å². The lowest BCUT2D eigenvalue weighted by Crippen LogP contribution is -2.21. The molecule has 0 aliphatic heterocycles. The molecule has 2 aromatic rings. The van der Waals surface area contributed by atoms with Gasteiger partial charge in [-0.2, -0.15) is 0 Å². The largest absolute Gasteiger partial charge is 0.346 e. The second-order valence-electron chi connectivity index (χ2n) is 5.11. The lowest BCUT2D eigenvalue weighted by atomic mass is 10.1. The summed E-state index contributed by atoms with van der Waals surface area (Å²) < 4.78 is 3.48. The molecule has 18 heavy (non-hydrogen) atoms. The van der Waals surface area contributed by atoms with Crippen molar-refractivity contribution < 1.29 is 0 Å². The van der Waals surface area contributed by atoms with Gasteiger partial charge in [-0.1, -0.05) is 35.8 Å². The van der Waals surface area contributed by atoms with Crippen LogP contribution in [-0.2, 0) is 6.54 Å². The highest BCUT2D eigenvalue weighted by atomic mass is 79.9. The Labute approximate surface area is 118 Å². The minimum absolute atomic E-state index is 0.779. The van der Waals surface area contributed by atoms with Gasteiger partial charge in [-0.05, 0) is 37.1 Å². The Kier molecular flexibility index (Phi) is 4.84. The third-order valence-electron chi connectivity index (χ3n) is 3.19. The van der Waals surface area contributed by atoms with Crippen LogP contribution in [0, 0.1) is 5.92 Å². The molecule has 98 valence electrons. The number of halogens is 1. The standard InChI is InChI=1S/C15H21BrN2/c1-12(2)6-8-17-9-11-18-10-7-13-14(16)4-3-5-15(13)18/h3-5,7,10,12,17H,6,8-9,11H2,1-2H3. The average Bonchev–Trinajstić information content (AvgIpc) is 2.73. The van der Waals surface area contributed by atoms with Gasteiger partial charge in [0.05, 0.1) is 0 Å². The molecule has 0 unspecified atom stereocenters. The van der Waals surface area contributed by atoms with Crippen molar-refractivity contribution >= 4 is 26.8 Å². The number of benzene rings is 1. The first-order valence-electron chi connectivity index (χ1n) is 6.62. The van der Waals surface area contributed by atoms with Crippen molar-refractivity contribution in [2.24, 2.45) is 5.92 Å². The molecule has 0 amide bonds. The highest BCUT2D eigenvalue weighted by Crippen LogP contribution is 2.24. The second kappa shape index (κ2) is 6.39. The molecular formula is C15H21BrN2. The minimum atomic E-state index is 0.779. The molecular weight excluding hydrogens is 288 g/mol. The number of aromatic nitrogens is 1. The van der Waals surface area contributed by atoms with Gasteiger partial charge in [0.25, 0.3) is 0 Å². The predicted molar refractivity (Wildman–Crippen MR) is 82.0 cm³/mol. The minimum Gasteiger partial charge on any atom is -0.346 e. The third-order valence-corrected chi connectivity index (χ3v) is 3.88. The van der Waals surface area contributed by atoms with E-state index in [4.69, 9.17) is 0 Å². The van der Waals surface area contributed by atoms with Crippen LogP contribution in [0.25, 0.3) is 10.9 Å². The fourth-order valence-electron chi connectivity index (χ4n) is 2.10. The van der Waals surface area contributed by atoms with Crippen molar-refractivity contribution in [2.45, 2.75) is 26.8 Å². The number of nitrogens with zero attached hydrogens (tertiary/aromatic N) is 1. The Morgan fingerprint density at radius 3 is 2.83 bits per heavy atom. The molecule has 3 heteroatoms. The zero-order valence-corrected chi connectivity index (χ0v) is 12.7. The molecule has 1 aromatic carbocycles. The Morgan fingerprint density at radius 2 is 2.06 bits per heavy atom. The van der Waals surface area contributed by atoms with Crippen molar-refractivity contribution in [3.05, 3.63) is 34.9 Å². The Bertz CT molecular complexity index is 502. The van der Waals surface area contributed by atoms with Crippen LogP contribution in [-0.4, -0.2) is 17.7 Å². The molecule has 0 saturated heterocycles. The van der Waals surface area contributed by atoms with E-state index < -0.39 is 0 Å². The fraction of sp³-hybridized carbons (Fsp3) is 0.467. The van der Waals surface area contributed by atoms with Crippen molar-refractivity contribution in [2.75, 3.05) is 13.1 Å². The topological polar surface area (TPSA) is 17.0 Å². The van der Waals surface area contributed by atoms with Crippen molar-refractivity contribution in [1.82, 2.24) is 9.88 Å². The number of hydrogen-bond acceptors (Lipinski definition) is 1. The van der Waals surface area contributed by atoms with Gasteiger partial charge in [-0.3, -0.25) is 0 Å². The van der Waals surface area contributed by atoms with E-state index in [1.54, 1.807) is 0 Å². The molecule has 0 saturated carbocycles. The summed E-state index contributed by atoms with van der Waals surface area (Å²) in [4.78, 5) is 0. The van der Waals surface area contributed by atoms with Gasteiger partial charge in [-0.15, -0.1) is 0 Å². The lowest BCUT2D eigenvalue weighted by molar-refractivity contribution is 0.522. The predicted octanol–water partition coefficient (Wildman–Crippen LogP) is 4.04. The first-order valence-corrected chi connectivity index (χ1v) is 7.42. The van der Waals surface area contributed by atoms with Gasteiger partial charge < -0.3 is 9.88 Å². The summed E-state index contributed by atoms with van der Waals surface area (Å²) in [6.07, 6.45) is 3.41. The van der Waals surface area contributed by atoms with E-state index in [1.807, 2.05) is 0 Å². The number of nitrogens with one attached hydrogen (secondary N) is 1. The highest BCUT2D eigenvalue weighted by Gasteiger charge is 2.03. The van der Waals surface area contributed by atoms with Gasteiger partial charge in [0.1, 0.15) is 0 Å². The highest BCUT2D eigenvalue weighted by molar-refractivity contribution is 9.10. The van der Waals surface area contributed by atoms with Crippen LogP contribution in [0.4, 0.5) is 0 Å². The molecule has 0 spiro atoms. The van der Waals surface area contributed by atoms with Crippen LogP contribution < -0.4 is 5.32 Å². The van der Waals surface area contributed by atoms with Gasteiger partial charge in [0, 0.05) is 34.7 Å². The molecule has 2 rings (SSSR count). The quantitative estimate of drug-likeness (QED) is 0.797. The van der Waals surface area contributed by atoms with Crippen molar-refractivity contribution in [1.29, 1.82) is 0 Å². The van der Waals surface area contributed by atoms with E-state index in [0.29, 0.717) is 0 Å². The van der Waals surface area contributed by atoms with Crippen LogP contribution in [0.2, 0.25) is 0 Å². The number of hydrogen-bond donors (Lipinski definition) is 1. The maximum Gasteiger partial charge on any atom is 0.0492 e. The van der Waals surface area contributed by atoms with Crippen LogP contribution in [0.15, 0.2) is 34.9 Å². The maximum atomic E-state index is 3.59. The van der Waals surface area contributed by atoms with Gasteiger partial charge in [0.2, 0.25) is 0 Å². The molecule has 2 nitrogen and oxygen atoms in total. The SMILES string of the molecule is CC(C)CCNCCn1ccc2c(Br)cccc21. The third kappa shape index (κ3) is 3.36. The summed E-state index contributed by atoms with van der Waals surface area (Å²) in [7, 11) is 0. The molecule has 0 aliphatic carbocycles. The smallest absolute Gasteiger partial charge is 0.0492 e. The summed E-state index contributed by atoms with van der Waals surface area (Å²) in [6, 6.07) is 8.53. The summed E-state index contributed by atoms with van der Waals surface area (Å²) in [5.74, 6) is 0.779. The summed E-state index contributed by atoms with van der Waals surface area (Å²) in [5, 5.41) is 4.79. The van der Waals surface area contributed by atoms with Crippen LogP contribution in [0.1, 0.15) is 20.3 Å². The summed E-state index contributed by atoms with van der Waals surface area (Å²) in [5.41, 5.74) is 1.30. The molecule has 0 radical (unpaired) electrons. The zero-order valence-electron chi connectivity index (χ0n) is 11.1. The summed E-state index contributed by atoms with van der Waals surface area (Å²) >= 11 is 3.59. The molecule has 1 N–H and O–H groups in total. The zero-order chi connectivity index (χ0) is 13.0. The van der Waals surface area contributed by atoms with E-state index in [-0.39, 0.29) is 0 Å². The molecule has 0 bridgehead atoms. The molecule has 1 heterocycles. The Balaban J connectivity index is 1.90. The van der Waals surface area contributed by atoms with Gasteiger partial charge in [0.15, 0.2) is 0 Å². The maximum absolute atomic E-state index is 3.59. The Hall–Kier alpha value is -0.800. The molecule has 0 atom stereocenters. The normalized spacial score (nSPS) is 11.6. The van der Waals surface area contributed by atoms with E-state index >= 15 is 0 Å². The van der Waals surface area contributed by atoms with Gasteiger partial charge >= 0.3 is 0 Å². The van der Waals surface area contributed by atoms with E-state index in [0.717, 1.165) is 25.6 Å². The first kappa shape index (κ1) is 13.6. The number of fused-ring (bicyclic) bond motifs is 1. The fourth-order valence-corrected chi connectivity index (χ4v) is 2.58. The monoisotopic (exact) mass is 308 g/mol. The molecule has 0 aliphatic rings. The second-order valence-corrected chi connectivity index (χ2v) is 5.97. The van der Waals surface area contributed by atoms with Crippen molar-refractivity contribution in [3.8, 4) is 0 Å². The van der Waals surface area contributed by atoms with Crippen LogP contribution in [0.5, 0.6) is 0 Å². The molecule has 0 fully saturated rings. The van der Waals surface area contributed by atoms with Crippen LogP contribution >= 0.6 is 15.9 Å². The first-order chi connectivity index (χ1) is 8.68. The van der Waals surface area contributed by atoms with E-state index in [2.05, 4.69) is 70.1 Å². The lowest BCUT2D eigenvalue weighted by Gasteiger charge is -2.09.